The Morgan fingerprint density at radius 3 is 0.900 bits per heavy atom. The van der Waals surface area contributed by atoms with Crippen LogP contribution in [0.25, 0.3) is 0 Å². The van der Waals surface area contributed by atoms with Crippen LogP contribution < -0.4 is 10.2 Å². The van der Waals surface area contributed by atoms with Crippen LogP contribution in [0, 0.1) is 13.8 Å². The number of carbonyl (C=O) groups is 2. The molecular weight excluding hydrogens is 562 g/mol. The summed E-state index contributed by atoms with van der Waals surface area (Å²) in [5.41, 5.74) is 2.86. The summed E-state index contributed by atoms with van der Waals surface area (Å²) in [6.07, 6.45) is 0. The predicted octanol–water partition coefficient (Wildman–Crippen LogP) is 5.90. The molecule has 2 aromatic carbocycles. The van der Waals surface area contributed by atoms with Gasteiger partial charge in [0.05, 0.1) is 11.1 Å². The minimum atomic E-state index is -1.14. The van der Waals surface area contributed by atoms with E-state index in [9.17, 15) is 30.0 Å². The fraction of sp³-hybridized carbons (Fsp3) is 0.562. The van der Waals surface area contributed by atoms with Crippen molar-refractivity contribution in [2.75, 3.05) is 0 Å². The van der Waals surface area contributed by atoms with Gasteiger partial charge in [-0.1, -0.05) is 107 Å². The van der Waals surface area contributed by atoms with Gasteiger partial charge >= 0.3 is 31.4 Å². The molecule has 0 saturated heterocycles. The normalized spacial score (nSPS) is 11.9. The molecule has 7 nitrogen and oxygen atoms in total. The van der Waals surface area contributed by atoms with Crippen molar-refractivity contribution in [1.82, 2.24) is 0 Å². The van der Waals surface area contributed by atoms with E-state index in [2.05, 4.69) is 0 Å². The molecule has 0 aliphatic carbocycles. The third-order valence-corrected chi connectivity index (χ3v) is 6.74. The fourth-order valence-electron chi connectivity index (χ4n) is 4.70. The van der Waals surface area contributed by atoms with E-state index in [0.29, 0.717) is 22.3 Å². The Morgan fingerprint density at radius 2 is 0.750 bits per heavy atom. The molecule has 0 aromatic heterocycles. The quantitative estimate of drug-likeness (QED) is 0.405. The first kappa shape index (κ1) is 39.7. The van der Waals surface area contributed by atoms with Crippen LogP contribution in [0.2, 0.25) is 0 Å². The van der Waals surface area contributed by atoms with Crippen molar-refractivity contribution >= 4 is 11.9 Å². The molecule has 4 N–H and O–H groups in total. The summed E-state index contributed by atoms with van der Waals surface area (Å²) in [4.78, 5) is 22.8. The molecule has 0 aliphatic rings. The van der Waals surface area contributed by atoms with Gasteiger partial charge in [0.1, 0.15) is 0 Å². The van der Waals surface area contributed by atoms with Crippen LogP contribution in [0.4, 0.5) is 0 Å². The Kier molecular flexibility index (Phi) is 12.9. The van der Waals surface area contributed by atoms with E-state index in [0.717, 1.165) is 11.1 Å². The topological polar surface area (TPSA) is 152 Å². The van der Waals surface area contributed by atoms with Gasteiger partial charge in [0.2, 0.25) is 0 Å². The van der Waals surface area contributed by atoms with Gasteiger partial charge < -0.3 is 25.9 Å². The Hall–Kier alpha value is -2.44. The Bertz CT molecular complexity index is 1060. The monoisotopic (exact) mass is 608 g/mol. The molecule has 220 valence electrons. The molecule has 0 fully saturated rings. The summed E-state index contributed by atoms with van der Waals surface area (Å²) in [6.45, 7) is 27.2. The number of rotatable bonds is 2. The first-order valence-corrected chi connectivity index (χ1v) is 12.9. The number of hydrogen-bond acceptors (Lipinski definition) is 4. The minimum absolute atomic E-state index is 0. The summed E-state index contributed by atoms with van der Waals surface area (Å²) < 4.78 is 0. The van der Waals surface area contributed by atoms with E-state index in [1.54, 1.807) is 13.8 Å². The second-order valence-electron chi connectivity index (χ2n) is 14.2. The molecule has 0 saturated carbocycles. The zero-order valence-corrected chi connectivity index (χ0v) is 29.9. The SMILES string of the molecule is Cc1c(C(C)(C)C)cc(C(C)(C)C)c([O-])c1C(=O)O.Cc1c(C(C)(C)C)cc(C(C)(C)C)c([O-])c1C(=O)O.O.[Zn+2]. The van der Waals surface area contributed by atoms with E-state index >= 15 is 0 Å². The first-order chi connectivity index (χ1) is 16.7. The molecular formula is C32H48O7Zn. The summed E-state index contributed by atoms with van der Waals surface area (Å²) >= 11 is 0. The average molecular weight is 610 g/mol. The van der Waals surface area contributed by atoms with Crippen LogP contribution in [-0.2, 0) is 41.1 Å². The third kappa shape index (κ3) is 8.78. The molecule has 0 amide bonds. The fourth-order valence-corrected chi connectivity index (χ4v) is 4.70. The molecule has 0 bridgehead atoms. The summed E-state index contributed by atoms with van der Waals surface area (Å²) in [7, 11) is 0. The molecule has 0 spiro atoms. The molecule has 2 aromatic rings. The molecule has 0 atom stereocenters. The molecule has 0 radical (unpaired) electrons. The van der Waals surface area contributed by atoms with Crippen molar-refractivity contribution in [2.24, 2.45) is 0 Å². The van der Waals surface area contributed by atoms with Gasteiger partial charge in [0, 0.05) is 0 Å². The second kappa shape index (κ2) is 13.0. The predicted molar refractivity (Wildman–Crippen MR) is 154 cm³/mol. The second-order valence-corrected chi connectivity index (χ2v) is 14.2. The van der Waals surface area contributed by atoms with Gasteiger partial charge in [-0.25, -0.2) is 9.59 Å². The van der Waals surface area contributed by atoms with Crippen molar-refractivity contribution in [3.8, 4) is 11.5 Å². The number of aromatic carboxylic acids is 2. The zero-order valence-electron chi connectivity index (χ0n) is 26.9. The average Bonchev–Trinajstić information content (AvgIpc) is 2.63. The maximum atomic E-state index is 12.4. The zero-order chi connectivity index (χ0) is 30.3. The standard InChI is InChI=1S/2C16H24O3.H2O.Zn/c2*1-9-10(15(2,3)4)8-11(16(5,6)7)13(17)12(9)14(18)19;;/h2*8,17H,1-7H3,(H,18,19);1H2;/q;;;+2/p-2. The molecule has 8 heteroatoms. The Balaban J connectivity index is 0. The van der Waals surface area contributed by atoms with Crippen LogP contribution in [-0.4, -0.2) is 27.6 Å². The summed E-state index contributed by atoms with van der Waals surface area (Å²) in [6, 6.07) is 3.76. The first-order valence-electron chi connectivity index (χ1n) is 12.9. The molecule has 0 heterocycles. The molecule has 2 rings (SSSR count). The Labute approximate surface area is 253 Å². The van der Waals surface area contributed by atoms with E-state index < -0.39 is 11.9 Å². The van der Waals surface area contributed by atoms with Crippen molar-refractivity contribution in [2.45, 2.75) is 119 Å². The van der Waals surface area contributed by atoms with Gasteiger partial charge in [0.25, 0.3) is 0 Å². The smallest absolute Gasteiger partial charge is 0.872 e. The maximum absolute atomic E-state index is 12.4. The van der Waals surface area contributed by atoms with Crippen LogP contribution >= 0.6 is 0 Å². The number of hydrogen-bond donors (Lipinski definition) is 2. The van der Waals surface area contributed by atoms with Crippen LogP contribution in [0.1, 0.15) is 137 Å². The molecule has 0 unspecified atom stereocenters. The maximum Gasteiger partial charge on any atom is 2.00 e. The third-order valence-electron chi connectivity index (χ3n) is 6.74. The van der Waals surface area contributed by atoms with Crippen LogP contribution in [0.5, 0.6) is 11.5 Å². The van der Waals surface area contributed by atoms with E-state index in [1.165, 1.54) is 0 Å². The number of benzene rings is 2. The van der Waals surface area contributed by atoms with Gasteiger partial charge in [-0.05, 0) is 68.9 Å². The van der Waals surface area contributed by atoms with Gasteiger partial charge in [-0.3, -0.25) is 0 Å². The van der Waals surface area contributed by atoms with Gasteiger partial charge in [-0.15, -0.1) is 0 Å². The van der Waals surface area contributed by atoms with Crippen LogP contribution in [0.15, 0.2) is 12.1 Å². The van der Waals surface area contributed by atoms with Crippen LogP contribution in [0.3, 0.4) is 0 Å². The summed E-state index contributed by atoms with van der Waals surface area (Å²) in [5, 5.41) is 43.4. The van der Waals surface area contributed by atoms with Crippen molar-refractivity contribution in [3.05, 3.63) is 56.6 Å². The van der Waals surface area contributed by atoms with E-state index in [1.807, 2.05) is 95.2 Å². The Morgan fingerprint density at radius 1 is 0.550 bits per heavy atom. The van der Waals surface area contributed by atoms with Crippen molar-refractivity contribution in [1.29, 1.82) is 0 Å². The van der Waals surface area contributed by atoms with Gasteiger partial charge in [-0.2, -0.15) is 0 Å². The number of carboxylic acid groups (broad SMARTS) is 2. The van der Waals surface area contributed by atoms with Gasteiger partial charge in [0.15, 0.2) is 0 Å². The van der Waals surface area contributed by atoms with E-state index in [4.69, 9.17) is 0 Å². The van der Waals surface area contributed by atoms with E-state index in [-0.39, 0.29) is 69.2 Å². The van der Waals surface area contributed by atoms with Crippen molar-refractivity contribution < 1.29 is 55.0 Å². The molecule has 0 aliphatic heterocycles. The number of carboxylic acids is 2. The minimum Gasteiger partial charge on any atom is -0.872 e. The summed E-state index contributed by atoms with van der Waals surface area (Å²) in [5.74, 6) is -2.99. The molecule has 40 heavy (non-hydrogen) atoms. The van der Waals surface area contributed by atoms with Crippen molar-refractivity contribution in [3.63, 3.8) is 0 Å². The largest absolute Gasteiger partial charge is 2.00 e.